The quantitative estimate of drug-likeness (QED) is 0.661. The second-order valence-corrected chi connectivity index (χ2v) is 8.85. The third-order valence-corrected chi connectivity index (χ3v) is 6.95. The third kappa shape index (κ3) is 3.57. The number of ether oxygens (including phenoxy) is 1. The van der Waals surface area contributed by atoms with Crippen molar-refractivity contribution in [3.05, 3.63) is 59.7 Å². The van der Waals surface area contributed by atoms with Crippen LogP contribution in [0.1, 0.15) is 30.4 Å². The monoisotopic (exact) mass is 462 g/mol. The Balaban J connectivity index is 1.27. The van der Waals surface area contributed by atoms with Gasteiger partial charge in [-0.1, -0.05) is 24.3 Å². The van der Waals surface area contributed by atoms with E-state index in [1.54, 1.807) is 31.4 Å². The molecule has 5 amide bonds. The van der Waals surface area contributed by atoms with Gasteiger partial charge in [-0.2, -0.15) is 0 Å². The molecule has 0 bridgehead atoms. The zero-order valence-corrected chi connectivity index (χ0v) is 18.9. The number of nitrogens with zero attached hydrogens (tertiary/aromatic N) is 2. The number of hydrogen-bond donors (Lipinski definition) is 2. The maximum Gasteiger partial charge on any atom is 0.325 e. The van der Waals surface area contributed by atoms with Gasteiger partial charge in [0.25, 0.3) is 5.91 Å². The average Bonchev–Trinajstić information content (AvgIpc) is 3.54. The molecule has 34 heavy (non-hydrogen) atoms. The summed E-state index contributed by atoms with van der Waals surface area (Å²) in [5, 5.41) is 5.67. The topological polar surface area (TPSA) is 108 Å². The van der Waals surface area contributed by atoms with E-state index in [1.807, 2.05) is 24.3 Å². The number of amides is 5. The first-order chi connectivity index (χ1) is 16.4. The Kier molecular flexibility index (Phi) is 5.47. The molecule has 2 aliphatic heterocycles. The predicted octanol–water partition coefficient (Wildman–Crippen LogP) is 2.02. The molecular weight excluding hydrogens is 436 g/mol. The minimum atomic E-state index is -1.11. The Morgan fingerprint density at radius 3 is 2.68 bits per heavy atom. The van der Waals surface area contributed by atoms with Gasteiger partial charge in [0.1, 0.15) is 23.9 Å². The summed E-state index contributed by atoms with van der Waals surface area (Å²) >= 11 is 0. The number of aryl methyl sites for hydroxylation is 1. The molecule has 5 rings (SSSR count). The van der Waals surface area contributed by atoms with Crippen LogP contribution in [0.15, 0.2) is 48.5 Å². The van der Waals surface area contributed by atoms with Crippen LogP contribution >= 0.6 is 0 Å². The van der Waals surface area contributed by atoms with E-state index in [-0.39, 0.29) is 12.5 Å². The molecule has 2 atom stereocenters. The van der Waals surface area contributed by atoms with E-state index < -0.39 is 29.4 Å². The van der Waals surface area contributed by atoms with Crippen molar-refractivity contribution in [2.75, 3.05) is 25.5 Å². The molecule has 176 valence electrons. The summed E-state index contributed by atoms with van der Waals surface area (Å²) < 4.78 is 5.13. The van der Waals surface area contributed by atoms with E-state index in [4.69, 9.17) is 4.74 Å². The van der Waals surface area contributed by atoms with Crippen molar-refractivity contribution in [3.8, 4) is 5.75 Å². The van der Waals surface area contributed by atoms with Gasteiger partial charge >= 0.3 is 6.03 Å². The Morgan fingerprint density at radius 1 is 1.15 bits per heavy atom. The summed E-state index contributed by atoms with van der Waals surface area (Å²) in [5.41, 5.74) is 1.31. The SMILES string of the molecule is COc1ccc(NC(=O)C2CCCN2C(=O)CN2C(=O)NC3(CCc4ccccc43)C2=O)cc1. The highest BCUT2D eigenvalue weighted by atomic mass is 16.5. The number of imide groups is 1. The van der Waals surface area contributed by atoms with Gasteiger partial charge in [0, 0.05) is 12.2 Å². The summed E-state index contributed by atoms with van der Waals surface area (Å²) in [6, 6.07) is 13.3. The average molecular weight is 463 g/mol. The maximum absolute atomic E-state index is 13.3. The van der Waals surface area contributed by atoms with Crippen LogP contribution < -0.4 is 15.4 Å². The summed E-state index contributed by atoms with van der Waals surface area (Å²) in [7, 11) is 1.56. The van der Waals surface area contributed by atoms with Crippen molar-refractivity contribution in [1.82, 2.24) is 15.1 Å². The van der Waals surface area contributed by atoms with E-state index in [0.29, 0.717) is 43.7 Å². The molecule has 9 nitrogen and oxygen atoms in total. The van der Waals surface area contributed by atoms with Crippen molar-refractivity contribution < 1.29 is 23.9 Å². The Morgan fingerprint density at radius 2 is 1.91 bits per heavy atom. The summed E-state index contributed by atoms with van der Waals surface area (Å²) in [4.78, 5) is 54.6. The molecule has 0 saturated carbocycles. The van der Waals surface area contributed by atoms with E-state index in [2.05, 4.69) is 10.6 Å². The lowest BCUT2D eigenvalue weighted by molar-refractivity contribution is -0.141. The van der Waals surface area contributed by atoms with Gasteiger partial charge in [0.2, 0.25) is 11.8 Å². The van der Waals surface area contributed by atoms with Crippen LogP contribution in [0.2, 0.25) is 0 Å². The highest BCUT2D eigenvalue weighted by Gasteiger charge is 2.55. The lowest BCUT2D eigenvalue weighted by atomic mass is 9.92. The first-order valence-corrected chi connectivity index (χ1v) is 11.4. The van der Waals surface area contributed by atoms with Crippen LogP contribution in [0.5, 0.6) is 5.75 Å². The molecule has 2 aromatic rings. The molecular formula is C25H26N4O5. The lowest BCUT2D eigenvalue weighted by Crippen LogP contribution is -2.49. The standard InChI is InChI=1S/C25H26N4O5/c1-34-18-10-8-17(9-11-18)26-22(31)20-7-4-14-28(20)21(30)15-29-23(32)25(27-24(29)33)13-12-16-5-2-3-6-19(16)25/h2-3,5-6,8-11,20H,4,7,12-15H2,1H3,(H,26,31)(H,27,33). The zero-order chi connectivity index (χ0) is 23.9. The number of carbonyl (C=O) groups excluding carboxylic acids is 4. The smallest absolute Gasteiger partial charge is 0.325 e. The van der Waals surface area contributed by atoms with Crippen LogP contribution in [0.3, 0.4) is 0 Å². The van der Waals surface area contributed by atoms with E-state index in [1.165, 1.54) is 4.90 Å². The number of fused-ring (bicyclic) bond motifs is 2. The number of urea groups is 1. The fourth-order valence-electron chi connectivity index (χ4n) is 5.20. The summed E-state index contributed by atoms with van der Waals surface area (Å²) in [6.07, 6.45) is 2.34. The first-order valence-electron chi connectivity index (χ1n) is 11.4. The number of carbonyl (C=O) groups is 4. The first kappa shape index (κ1) is 21.9. The number of nitrogens with one attached hydrogen (secondary N) is 2. The molecule has 9 heteroatoms. The fourth-order valence-corrected chi connectivity index (χ4v) is 5.20. The second kappa shape index (κ2) is 8.48. The van der Waals surface area contributed by atoms with Crippen molar-refractivity contribution >= 4 is 29.4 Å². The molecule has 2 unspecified atom stereocenters. The molecule has 2 N–H and O–H groups in total. The highest BCUT2D eigenvalue weighted by molar-refractivity contribution is 6.10. The van der Waals surface area contributed by atoms with E-state index in [0.717, 1.165) is 16.0 Å². The lowest BCUT2D eigenvalue weighted by Gasteiger charge is -2.26. The van der Waals surface area contributed by atoms with Crippen LogP contribution in [-0.4, -0.2) is 59.8 Å². The molecule has 3 aliphatic rings. The van der Waals surface area contributed by atoms with Crippen LogP contribution in [0.4, 0.5) is 10.5 Å². The van der Waals surface area contributed by atoms with Gasteiger partial charge in [0.15, 0.2) is 0 Å². The van der Waals surface area contributed by atoms with Gasteiger partial charge in [-0.25, -0.2) is 4.79 Å². The van der Waals surface area contributed by atoms with E-state index >= 15 is 0 Å². The van der Waals surface area contributed by atoms with Gasteiger partial charge in [0.05, 0.1) is 7.11 Å². The molecule has 0 radical (unpaired) electrons. The molecule has 2 fully saturated rings. The van der Waals surface area contributed by atoms with Crippen molar-refractivity contribution in [2.24, 2.45) is 0 Å². The fraction of sp³-hybridized carbons (Fsp3) is 0.360. The van der Waals surface area contributed by atoms with Gasteiger partial charge < -0.3 is 20.3 Å². The minimum absolute atomic E-state index is 0.297. The molecule has 2 aromatic carbocycles. The zero-order valence-electron chi connectivity index (χ0n) is 18.9. The third-order valence-electron chi connectivity index (χ3n) is 6.95. The van der Waals surface area contributed by atoms with Crippen molar-refractivity contribution in [2.45, 2.75) is 37.3 Å². The van der Waals surface area contributed by atoms with Crippen LogP contribution in [0, 0.1) is 0 Å². The Labute approximate surface area is 197 Å². The number of anilines is 1. The predicted molar refractivity (Wildman–Crippen MR) is 123 cm³/mol. The normalized spacial score (nSPS) is 23.3. The van der Waals surface area contributed by atoms with Crippen LogP contribution in [-0.2, 0) is 26.3 Å². The summed E-state index contributed by atoms with van der Waals surface area (Å²) in [5.74, 6) is -0.449. The van der Waals surface area contributed by atoms with Gasteiger partial charge in [-0.3, -0.25) is 19.3 Å². The minimum Gasteiger partial charge on any atom is -0.497 e. The van der Waals surface area contributed by atoms with Crippen molar-refractivity contribution in [1.29, 1.82) is 0 Å². The number of benzene rings is 2. The highest BCUT2D eigenvalue weighted by Crippen LogP contribution is 2.41. The second-order valence-electron chi connectivity index (χ2n) is 8.85. The van der Waals surface area contributed by atoms with Gasteiger partial charge in [-0.15, -0.1) is 0 Å². The van der Waals surface area contributed by atoms with Crippen molar-refractivity contribution in [3.63, 3.8) is 0 Å². The molecule has 1 aliphatic carbocycles. The maximum atomic E-state index is 13.3. The molecule has 2 saturated heterocycles. The number of rotatable bonds is 5. The Bertz CT molecular complexity index is 1160. The molecule has 0 aromatic heterocycles. The number of likely N-dealkylation sites (tertiary alicyclic amines) is 1. The van der Waals surface area contributed by atoms with Crippen LogP contribution in [0.25, 0.3) is 0 Å². The largest absolute Gasteiger partial charge is 0.497 e. The summed E-state index contributed by atoms with van der Waals surface area (Å²) in [6.45, 7) is 0.0120. The van der Waals surface area contributed by atoms with Gasteiger partial charge in [-0.05, 0) is 61.1 Å². The number of methoxy groups -OCH3 is 1. The molecule has 1 spiro atoms. The number of hydrogen-bond acceptors (Lipinski definition) is 5. The van der Waals surface area contributed by atoms with E-state index in [9.17, 15) is 19.2 Å². The molecule has 2 heterocycles. The Hall–Kier alpha value is -3.88.